The lowest BCUT2D eigenvalue weighted by molar-refractivity contribution is -0.155. The molecule has 1 aliphatic rings. The second-order valence-electron chi connectivity index (χ2n) is 5.16. The molecule has 1 aromatic carbocycles. The zero-order valence-electron chi connectivity index (χ0n) is 12.4. The Morgan fingerprint density at radius 3 is 2.67 bits per heavy atom. The van der Waals surface area contributed by atoms with Crippen LogP contribution in [0.5, 0.6) is 0 Å². The number of methoxy groups -OCH3 is 1. The van der Waals surface area contributed by atoms with Gasteiger partial charge in [0, 0.05) is 4.90 Å². The Kier molecular flexibility index (Phi) is 4.90. The van der Waals surface area contributed by atoms with Crippen LogP contribution >= 0.6 is 11.8 Å². The number of hydrogen-bond donors (Lipinski definition) is 0. The van der Waals surface area contributed by atoms with Crippen LogP contribution in [-0.4, -0.2) is 48.0 Å². The van der Waals surface area contributed by atoms with E-state index in [1.54, 1.807) is 13.8 Å². The normalized spacial score (nSPS) is 20.3. The molecule has 2 rings (SSSR count). The van der Waals surface area contributed by atoms with Gasteiger partial charge in [0.25, 0.3) is 0 Å². The number of rotatable bonds is 4. The molecule has 1 heterocycles. The molecule has 5 nitrogen and oxygen atoms in total. The lowest BCUT2D eigenvalue weighted by Crippen LogP contribution is -2.51. The van der Waals surface area contributed by atoms with E-state index in [0.717, 1.165) is 4.90 Å². The largest absolute Gasteiger partial charge is 0.467 e. The van der Waals surface area contributed by atoms with Gasteiger partial charge in [-0.15, -0.1) is 11.8 Å². The van der Waals surface area contributed by atoms with Crippen LogP contribution in [0.4, 0.5) is 0 Å². The molecule has 0 aliphatic carbocycles. The number of carbonyl (C=O) groups excluding carboxylic acids is 2. The van der Waals surface area contributed by atoms with E-state index < -0.39 is 17.7 Å². The Balaban J connectivity index is 2.06. The first-order valence-corrected chi connectivity index (χ1v) is 7.66. The summed E-state index contributed by atoms with van der Waals surface area (Å²) in [6.45, 7) is 3.73. The molecule has 0 radical (unpaired) electrons. The molecule has 0 bridgehead atoms. The number of ether oxygens (including phenoxy) is 2. The Morgan fingerprint density at radius 1 is 1.38 bits per heavy atom. The molecular formula is C15H19NO4S. The van der Waals surface area contributed by atoms with Crippen LogP contribution in [0.2, 0.25) is 0 Å². The van der Waals surface area contributed by atoms with Crippen molar-refractivity contribution in [2.45, 2.75) is 30.5 Å². The predicted molar refractivity (Wildman–Crippen MR) is 79.8 cm³/mol. The topological polar surface area (TPSA) is 55.8 Å². The quantitative estimate of drug-likeness (QED) is 0.628. The standard InChI is InChI=1S/C15H19NO4S/c1-15(2)16(12(9-20-15)14(18)19-3)13(17)10-21-11-7-5-4-6-8-11/h4-8,12H,9-10H2,1-3H3/t12-/m1/s1. The second-order valence-corrected chi connectivity index (χ2v) is 6.21. The van der Waals surface area contributed by atoms with Gasteiger partial charge in [0.1, 0.15) is 5.72 Å². The van der Waals surface area contributed by atoms with Crippen LogP contribution in [-0.2, 0) is 19.1 Å². The molecular weight excluding hydrogens is 290 g/mol. The molecule has 1 atom stereocenters. The van der Waals surface area contributed by atoms with Crippen LogP contribution in [0, 0.1) is 0 Å². The molecule has 1 aromatic rings. The molecule has 0 saturated carbocycles. The monoisotopic (exact) mass is 309 g/mol. The highest BCUT2D eigenvalue weighted by molar-refractivity contribution is 8.00. The van der Waals surface area contributed by atoms with Crippen LogP contribution in [0.3, 0.4) is 0 Å². The van der Waals surface area contributed by atoms with E-state index in [0.29, 0.717) is 0 Å². The number of thioether (sulfide) groups is 1. The SMILES string of the molecule is COC(=O)[C@H]1COC(C)(C)N1C(=O)CSc1ccccc1. The lowest BCUT2D eigenvalue weighted by atomic mass is 10.2. The minimum Gasteiger partial charge on any atom is -0.467 e. The molecule has 0 unspecified atom stereocenters. The van der Waals surface area contributed by atoms with E-state index in [-0.39, 0.29) is 18.3 Å². The third kappa shape index (κ3) is 3.57. The summed E-state index contributed by atoms with van der Waals surface area (Å²) in [5.41, 5.74) is -0.798. The van der Waals surface area contributed by atoms with E-state index in [1.807, 2.05) is 30.3 Å². The molecule has 0 N–H and O–H groups in total. The van der Waals surface area contributed by atoms with Gasteiger partial charge in [-0.05, 0) is 26.0 Å². The summed E-state index contributed by atoms with van der Waals surface area (Å²) in [6, 6.07) is 8.99. The molecule has 1 saturated heterocycles. The van der Waals surface area contributed by atoms with Crippen molar-refractivity contribution in [2.75, 3.05) is 19.5 Å². The fourth-order valence-corrected chi connectivity index (χ4v) is 3.10. The smallest absolute Gasteiger partial charge is 0.331 e. The molecule has 1 amide bonds. The Bertz CT molecular complexity index is 518. The number of nitrogens with zero attached hydrogens (tertiary/aromatic N) is 1. The Morgan fingerprint density at radius 2 is 2.05 bits per heavy atom. The van der Waals surface area contributed by atoms with Gasteiger partial charge in [-0.25, -0.2) is 4.79 Å². The second kappa shape index (κ2) is 6.49. The predicted octanol–water partition coefficient (Wildman–Crippen LogP) is 1.92. The first-order chi connectivity index (χ1) is 9.95. The average molecular weight is 309 g/mol. The van der Waals surface area contributed by atoms with Crippen molar-refractivity contribution in [3.63, 3.8) is 0 Å². The maximum Gasteiger partial charge on any atom is 0.331 e. The van der Waals surface area contributed by atoms with Crippen molar-refractivity contribution in [3.05, 3.63) is 30.3 Å². The van der Waals surface area contributed by atoms with Crippen LogP contribution in [0.25, 0.3) is 0 Å². The van der Waals surface area contributed by atoms with Crippen molar-refractivity contribution >= 4 is 23.6 Å². The van der Waals surface area contributed by atoms with Gasteiger partial charge in [0.05, 0.1) is 19.5 Å². The van der Waals surface area contributed by atoms with Crippen molar-refractivity contribution in [1.82, 2.24) is 4.90 Å². The lowest BCUT2D eigenvalue weighted by Gasteiger charge is -2.32. The van der Waals surface area contributed by atoms with Crippen molar-refractivity contribution < 1.29 is 19.1 Å². The summed E-state index contributed by atoms with van der Waals surface area (Å²) >= 11 is 1.44. The highest BCUT2D eigenvalue weighted by Crippen LogP contribution is 2.29. The van der Waals surface area contributed by atoms with E-state index in [4.69, 9.17) is 9.47 Å². The van der Waals surface area contributed by atoms with Gasteiger partial charge in [0.15, 0.2) is 6.04 Å². The molecule has 1 fully saturated rings. The van der Waals surface area contributed by atoms with Crippen LogP contribution in [0.1, 0.15) is 13.8 Å². The third-order valence-electron chi connectivity index (χ3n) is 3.33. The average Bonchev–Trinajstić information content (AvgIpc) is 2.80. The molecule has 1 aliphatic heterocycles. The van der Waals surface area contributed by atoms with E-state index in [9.17, 15) is 9.59 Å². The number of amides is 1. The maximum atomic E-state index is 12.5. The highest BCUT2D eigenvalue weighted by Gasteiger charge is 2.47. The first kappa shape index (κ1) is 15.9. The van der Waals surface area contributed by atoms with Crippen molar-refractivity contribution in [2.24, 2.45) is 0 Å². The molecule has 0 spiro atoms. The van der Waals surface area contributed by atoms with Gasteiger partial charge in [-0.1, -0.05) is 18.2 Å². The van der Waals surface area contributed by atoms with E-state index in [1.165, 1.54) is 23.8 Å². The first-order valence-electron chi connectivity index (χ1n) is 6.67. The number of hydrogen-bond acceptors (Lipinski definition) is 5. The van der Waals surface area contributed by atoms with Crippen LogP contribution < -0.4 is 0 Å². The number of benzene rings is 1. The Hall–Kier alpha value is -1.53. The zero-order chi connectivity index (χ0) is 15.5. The number of carbonyl (C=O) groups is 2. The number of esters is 1. The fourth-order valence-electron chi connectivity index (χ4n) is 2.32. The van der Waals surface area contributed by atoms with E-state index >= 15 is 0 Å². The third-order valence-corrected chi connectivity index (χ3v) is 4.33. The van der Waals surface area contributed by atoms with E-state index in [2.05, 4.69) is 0 Å². The minimum absolute atomic E-state index is 0.137. The molecule has 6 heteroatoms. The minimum atomic E-state index is -0.798. The van der Waals surface area contributed by atoms with Gasteiger partial charge >= 0.3 is 5.97 Å². The van der Waals surface area contributed by atoms with Crippen LogP contribution in [0.15, 0.2) is 35.2 Å². The summed E-state index contributed by atoms with van der Waals surface area (Å²) in [5, 5.41) is 0. The van der Waals surface area contributed by atoms with Crippen molar-refractivity contribution in [3.8, 4) is 0 Å². The summed E-state index contributed by atoms with van der Waals surface area (Å²) in [5.74, 6) is -0.329. The summed E-state index contributed by atoms with van der Waals surface area (Å²) in [4.78, 5) is 26.8. The molecule has 114 valence electrons. The molecule has 0 aromatic heterocycles. The van der Waals surface area contributed by atoms with Gasteiger partial charge < -0.3 is 9.47 Å². The van der Waals surface area contributed by atoms with Gasteiger partial charge in [-0.3, -0.25) is 9.69 Å². The van der Waals surface area contributed by atoms with Crippen molar-refractivity contribution in [1.29, 1.82) is 0 Å². The Labute approximate surface area is 128 Å². The summed E-state index contributed by atoms with van der Waals surface area (Å²) in [6.07, 6.45) is 0. The highest BCUT2D eigenvalue weighted by atomic mass is 32.2. The zero-order valence-corrected chi connectivity index (χ0v) is 13.2. The van der Waals surface area contributed by atoms with Gasteiger partial charge in [0.2, 0.25) is 5.91 Å². The molecule has 21 heavy (non-hydrogen) atoms. The fraction of sp³-hybridized carbons (Fsp3) is 0.467. The summed E-state index contributed by atoms with van der Waals surface area (Å²) < 4.78 is 10.3. The van der Waals surface area contributed by atoms with Gasteiger partial charge in [-0.2, -0.15) is 0 Å². The summed E-state index contributed by atoms with van der Waals surface area (Å²) in [7, 11) is 1.31. The maximum absolute atomic E-state index is 12.5.